The molecular weight excluding hydrogens is 508 g/mol. The summed E-state index contributed by atoms with van der Waals surface area (Å²) in [5.41, 5.74) is 2.69. The van der Waals surface area contributed by atoms with Crippen LogP contribution < -0.4 is 10.6 Å². The maximum absolute atomic E-state index is 14.0. The lowest BCUT2D eigenvalue weighted by molar-refractivity contribution is -0.122. The second-order valence-corrected chi connectivity index (χ2v) is 11.7. The third kappa shape index (κ3) is 5.38. The number of hydrogen-bond donors (Lipinski definition) is 2. The summed E-state index contributed by atoms with van der Waals surface area (Å²) in [6.45, 7) is 4.20. The van der Waals surface area contributed by atoms with E-state index in [-0.39, 0.29) is 61.1 Å². The molecule has 3 atom stereocenters. The van der Waals surface area contributed by atoms with E-state index >= 15 is 0 Å². The maximum atomic E-state index is 14.0. The summed E-state index contributed by atoms with van der Waals surface area (Å²) in [7, 11) is 0. The molecule has 0 unspecified atom stereocenters. The van der Waals surface area contributed by atoms with E-state index in [1.54, 1.807) is 16.9 Å². The van der Waals surface area contributed by atoms with Crippen LogP contribution in [0.25, 0.3) is 5.65 Å². The highest BCUT2D eigenvalue weighted by Crippen LogP contribution is 2.42. The van der Waals surface area contributed by atoms with Crippen molar-refractivity contribution in [1.29, 1.82) is 0 Å². The number of rotatable bonds is 8. The smallest absolute Gasteiger partial charge is 0.276 e. The van der Waals surface area contributed by atoms with Gasteiger partial charge in [-0.05, 0) is 67.1 Å². The van der Waals surface area contributed by atoms with Crippen LogP contribution in [0.1, 0.15) is 98.2 Å². The van der Waals surface area contributed by atoms with Gasteiger partial charge in [-0.15, -0.1) is 0 Å². The number of fused-ring (bicyclic) bond motifs is 1. The number of carbonyl (C=O) groups is 2. The molecular formula is C27H33F2N7O3. The molecule has 39 heavy (non-hydrogen) atoms. The van der Waals surface area contributed by atoms with Crippen molar-refractivity contribution in [2.45, 2.75) is 89.1 Å². The van der Waals surface area contributed by atoms with Gasteiger partial charge in [0, 0.05) is 30.7 Å². The van der Waals surface area contributed by atoms with Gasteiger partial charge in [0.25, 0.3) is 5.91 Å². The second-order valence-electron chi connectivity index (χ2n) is 11.7. The monoisotopic (exact) mass is 541 g/mol. The molecule has 0 bridgehead atoms. The Balaban J connectivity index is 1.25. The first-order chi connectivity index (χ1) is 18.7. The van der Waals surface area contributed by atoms with Gasteiger partial charge in [0.05, 0.1) is 24.1 Å². The number of hydrogen-bond acceptors (Lipinski definition) is 7. The normalized spacial score (nSPS) is 24.3. The number of nitrogens with one attached hydrogen (secondary N) is 2. The highest BCUT2D eigenvalue weighted by molar-refractivity contribution is 5.93. The molecule has 2 saturated carbocycles. The Morgan fingerprint density at radius 2 is 2.00 bits per heavy atom. The number of amides is 2. The third-order valence-corrected chi connectivity index (χ3v) is 8.45. The van der Waals surface area contributed by atoms with Crippen LogP contribution in [0.5, 0.6) is 0 Å². The molecule has 1 saturated heterocycles. The molecule has 2 amide bonds. The molecule has 0 aromatic carbocycles. The van der Waals surface area contributed by atoms with Gasteiger partial charge in [-0.1, -0.05) is 19.0 Å². The predicted molar refractivity (Wildman–Crippen MR) is 135 cm³/mol. The Morgan fingerprint density at radius 1 is 1.23 bits per heavy atom. The lowest BCUT2D eigenvalue weighted by Gasteiger charge is -2.33. The van der Waals surface area contributed by atoms with Gasteiger partial charge >= 0.3 is 0 Å². The number of nitrogens with zero attached hydrogens (tertiary/aromatic N) is 5. The van der Waals surface area contributed by atoms with Crippen molar-refractivity contribution < 1.29 is 23.0 Å². The summed E-state index contributed by atoms with van der Waals surface area (Å²) >= 11 is 0. The Hall–Kier alpha value is -3.44. The van der Waals surface area contributed by atoms with Crippen molar-refractivity contribution in [3.05, 3.63) is 41.1 Å². The Bertz CT molecular complexity index is 1370. The zero-order chi connectivity index (χ0) is 27.3. The van der Waals surface area contributed by atoms with Crippen LogP contribution in [-0.4, -0.2) is 48.7 Å². The van der Waals surface area contributed by atoms with E-state index in [0.717, 1.165) is 24.8 Å². The molecule has 2 aliphatic carbocycles. The van der Waals surface area contributed by atoms with E-state index in [2.05, 4.69) is 39.9 Å². The number of halogens is 2. The first kappa shape index (κ1) is 25.8. The minimum Gasteiger partial charge on any atom is -0.353 e. The van der Waals surface area contributed by atoms with Crippen LogP contribution in [0.2, 0.25) is 0 Å². The third-order valence-electron chi connectivity index (χ3n) is 8.45. The van der Waals surface area contributed by atoms with Crippen molar-refractivity contribution >= 4 is 17.5 Å². The Kier molecular flexibility index (Phi) is 6.58. The minimum absolute atomic E-state index is 0.0578. The number of imidazole rings is 1. The van der Waals surface area contributed by atoms with Gasteiger partial charge < -0.3 is 10.6 Å². The molecule has 0 spiro atoms. The zero-order valence-electron chi connectivity index (χ0n) is 22.1. The number of aromatic nitrogens is 5. The van der Waals surface area contributed by atoms with Crippen molar-refractivity contribution in [3.8, 4) is 0 Å². The van der Waals surface area contributed by atoms with Gasteiger partial charge in [0.15, 0.2) is 11.3 Å². The van der Waals surface area contributed by atoms with E-state index < -0.39 is 17.9 Å². The highest BCUT2D eigenvalue weighted by atomic mass is 19.3. The zero-order valence-corrected chi connectivity index (χ0v) is 22.1. The van der Waals surface area contributed by atoms with E-state index in [9.17, 15) is 18.4 Å². The Morgan fingerprint density at radius 3 is 2.69 bits per heavy atom. The van der Waals surface area contributed by atoms with E-state index in [1.165, 1.54) is 0 Å². The first-order valence-corrected chi connectivity index (χ1v) is 13.8. The molecule has 12 heteroatoms. The number of alkyl halides is 2. The first-order valence-electron chi connectivity index (χ1n) is 13.8. The van der Waals surface area contributed by atoms with Crippen LogP contribution >= 0.6 is 0 Å². The molecule has 2 N–H and O–H groups in total. The van der Waals surface area contributed by atoms with E-state index in [0.29, 0.717) is 29.4 Å². The van der Waals surface area contributed by atoms with Gasteiger partial charge in [0.1, 0.15) is 5.69 Å². The largest absolute Gasteiger partial charge is 0.353 e. The summed E-state index contributed by atoms with van der Waals surface area (Å²) in [5.74, 6) is -2.90. The summed E-state index contributed by atoms with van der Waals surface area (Å²) in [6.07, 6.45) is 6.69. The van der Waals surface area contributed by atoms with Crippen LogP contribution in [0.15, 0.2) is 23.1 Å². The lowest BCUT2D eigenvalue weighted by Crippen LogP contribution is -2.37. The van der Waals surface area contributed by atoms with Gasteiger partial charge in [-0.25, -0.2) is 22.9 Å². The highest BCUT2D eigenvalue weighted by Gasteiger charge is 2.41. The topological polar surface area (TPSA) is 127 Å². The average molecular weight is 542 g/mol. The van der Waals surface area contributed by atoms with Crippen LogP contribution in [0.3, 0.4) is 0 Å². The summed E-state index contributed by atoms with van der Waals surface area (Å²) in [6, 6.07) is 1.47. The summed E-state index contributed by atoms with van der Waals surface area (Å²) in [4.78, 5) is 30.5. The predicted octanol–water partition coefficient (Wildman–Crippen LogP) is 3.99. The van der Waals surface area contributed by atoms with Crippen LogP contribution in [-0.2, 0) is 11.2 Å². The molecule has 0 radical (unpaired) electrons. The molecule has 3 aromatic rings. The van der Waals surface area contributed by atoms with Crippen molar-refractivity contribution in [2.24, 2.45) is 17.8 Å². The van der Waals surface area contributed by atoms with Gasteiger partial charge in [-0.3, -0.25) is 9.59 Å². The molecule has 4 heterocycles. The molecule has 3 aromatic heterocycles. The second kappa shape index (κ2) is 9.95. The maximum Gasteiger partial charge on any atom is 0.276 e. The standard InChI is InChI=1S/C27H33F2N7O3/c1-14(2)19-11-18(25(37)32-19)9-15-10-21-31-20(13-36(21)30-12-15)22(17-5-7-27(28,29)8-6-17)33-26(38)24-23(16-3-4-16)34-39-35-24/h10,12-14,16-19,22H,3-9,11H2,1-2H3,(H,32,37)(H,33,38)/t18-,19+,22+/m1/s1. The Labute approximate surface area is 224 Å². The molecule has 1 aliphatic heterocycles. The molecule has 6 rings (SSSR count). The van der Waals surface area contributed by atoms with Crippen molar-refractivity contribution in [1.82, 2.24) is 35.5 Å². The fourth-order valence-corrected chi connectivity index (χ4v) is 5.88. The minimum atomic E-state index is -2.70. The lowest BCUT2D eigenvalue weighted by atomic mass is 9.81. The fraction of sp³-hybridized carbons (Fsp3) is 0.630. The quantitative estimate of drug-likeness (QED) is 0.441. The fourth-order valence-electron chi connectivity index (χ4n) is 5.88. The number of carbonyl (C=O) groups excluding carboxylic acids is 2. The van der Waals surface area contributed by atoms with Gasteiger partial charge in [-0.2, -0.15) is 5.10 Å². The SMILES string of the molecule is CC(C)[C@@H]1C[C@@H](Cc2cnn3cc([C@@H](NC(=O)c4nonc4C4CC4)C4CCC(F)(F)CC4)nc3c2)C(=O)N1. The van der Waals surface area contributed by atoms with Crippen molar-refractivity contribution in [2.75, 3.05) is 0 Å². The van der Waals surface area contributed by atoms with Gasteiger partial charge in [0.2, 0.25) is 11.8 Å². The average Bonchev–Trinajstić information content (AvgIpc) is 3.29. The van der Waals surface area contributed by atoms with E-state index in [4.69, 9.17) is 9.61 Å². The van der Waals surface area contributed by atoms with Crippen molar-refractivity contribution in [3.63, 3.8) is 0 Å². The van der Waals surface area contributed by atoms with Crippen LogP contribution in [0.4, 0.5) is 8.78 Å². The summed E-state index contributed by atoms with van der Waals surface area (Å²) < 4.78 is 34.4. The van der Waals surface area contributed by atoms with Crippen LogP contribution in [0, 0.1) is 17.8 Å². The molecule has 3 fully saturated rings. The molecule has 208 valence electrons. The molecule has 3 aliphatic rings. The summed E-state index contributed by atoms with van der Waals surface area (Å²) in [5, 5.41) is 18.3. The van der Waals surface area contributed by atoms with E-state index in [1.807, 2.05) is 6.07 Å². The molecule has 10 nitrogen and oxygen atoms in total.